The third-order valence-corrected chi connectivity index (χ3v) is 3.26. The summed E-state index contributed by atoms with van der Waals surface area (Å²) in [5.74, 6) is 0.589. The molecule has 100 valence electrons. The van der Waals surface area contributed by atoms with E-state index in [0.29, 0.717) is 22.3 Å². The van der Waals surface area contributed by atoms with Gasteiger partial charge in [0.25, 0.3) is 5.56 Å². The highest BCUT2D eigenvalue weighted by atomic mass is 79.9. The number of aromatic nitrogens is 2. The van der Waals surface area contributed by atoms with Gasteiger partial charge in [-0.1, -0.05) is 15.9 Å². The van der Waals surface area contributed by atoms with E-state index in [0.717, 1.165) is 4.47 Å². The minimum Gasteiger partial charge on any atom is -0.426 e. The highest BCUT2D eigenvalue weighted by molar-refractivity contribution is 9.10. The minimum absolute atomic E-state index is 0.148. The largest absolute Gasteiger partial charge is 0.426 e. The number of H-pyrrole nitrogens is 1. The molecule has 6 heteroatoms. The van der Waals surface area contributed by atoms with Gasteiger partial charge in [0, 0.05) is 10.2 Å². The molecule has 0 radical (unpaired) electrons. The van der Waals surface area contributed by atoms with Gasteiger partial charge in [-0.25, -0.2) is 0 Å². The zero-order chi connectivity index (χ0) is 14.1. The Kier molecular flexibility index (Phi) is 3.15. The molecule has 0 saturated carbocycles. The van der Waals surface area contributed by atoms with Crippen LogP contribution < -0.4 is 16.0 Å². The van der Waals surface area contributed by atoms with Crippen molar-refractivity contribution in [3.05, 3.63) is 57.3 Å². The molecule has 0 amide bonds. The Morgan fingerprint density at radius 2 is 1.90 bits per heavy atom. The van der Waals surface area contributed by atoms with Crippen LogP contribution in [0.25, 0.3) is 10.9 Å². The molecular weight excluding hydrogens is 322 g/mol. The average molecular weight is 332 g/mol. The van der Waals surface area contributed by atoms with Gasteiger partial charge in [0.2, 0.25) is 0 Å². The SMILES string of the molecule is Nc1ccc2nc(Oc3ccc(Br)cc3)[nH]c(=O)c2c1. The second-order valence-electron chi connectivity index (χ2n) is 4.20. The van der Waals surface area contributed by atoms with Gasteiger partial charge in [-0.15, -0.1) is 0 Å². The lowest BCUT2D eigenvalue weighted by Gasteiger charge is -2.05. The van der Waals surface area contributed by atoms with Gasteiger partial charge in [0.05, 0.1) is 10.9 Å². The quantitative estimate of drug-likeness (QED) is 0.707. The number of aromatic amines is 1. The Morgan fingerprint density at radius 3 is 2.65 bits per heavy atom. The molecule has 0 atom stereocenters. The molecule has 3 rings (SSSR count). The third-order valence-electron chi connectivity index (χ3n) is 2.74. The van der Waals surface area contributed by atoms with Crippen LogP contribution >= 0.6 is 15.9 Å². The van der Waals surface area contributed by atoms with Gasteiger partial charge in [0.15, 0.2) is 0 Å². The number of ether oxygens (including phenoxy) is 1. The van der Waals surface area contributed by atoms with Crippen molar-refractivity contribution < 1.29 is 4.74 Å². The van der Waals surface area contributed by atoms with Crippen molar-refractivity contribution in [1.29, 1.82) is 0 Å². The van der Waals surface area contributed by atoms with Crippen LogP contribution in [0.15, 0.2) is 51.7 Å². The molecule has 2 aromatic carbocycles. The number of fused-ring (bicyclic) bond motifs is 1. The van der Waals surface area contributed by atoms with Crippen molar-refractivity contribution in [1.82, 2.24) is 9.97 Å². The molecule has 0 spiro atoms. The van der Waals surface area contributed by atoms with Crippen LogP contribution in [0.3, 0.4) is 0 Å². The fourth-order valence-electron chi connectivity index (χ4n) is 1.80. The summed E-state index contributed by atoms with van der Waals surface area (Å²) < 4.78 is 6.48. The first-order valence-electron chi connectivity index (χ1n) is 5.85. The Balaban J connectivity index is 2.02. The molecule has 5 nitrogen and oxygen atoms in total. The molecule has 3 N–H and O–H groups in total. The van der Waals surface area contributed by atoms with E-state index in [1.165, 1.54) is 0 Å². The summed E-state index contributed by atoms with van der Waals surface area (Å²) in [6.45, 7) is 0. The zero-order valence-electron chi connectivity index (χ0n) is 10.3. The van der Waals surface area contributed by atoms with Crippen LogP contribution in [0.1, 0.15) is 0 Å². The highest BCUT2D eigenvalue weighted by Gasteiger charge is 2.06. The summed E-state index contributed by atoms with van der Waals surface area (Å²) in [6.07, 6.45) is 0. The number of nitrogen functional groups attached to an aromatic ring is 1. The summed E-state index contributed by atoms with van der Waals surface area (Å²) in [5, 5.41) is 0.438. The van der Waals surface area contributed by atoms with Gasteiger partial charge < -0.3 is 10.5 Å². The van der Waals surface area contributed by atoms with E-state index < -0.39 is 0 Å². The first-order valence-corrected chi connectivity index (χ1v) is 6.64. The molecule has 20 heavy (non-hydrogen) atoms. The van der Waals surface area contributed by atoms with E-state index in [1.807, 2.05) is 12.1 Å². The van der Waals surface area contributed by atoms with Crippen molar-refractivity contribution in [2.45, 2.75) is 0 Å². The predicted molar refractivity (Wildman–Crippen MR) is 81.0 cm³/mol. The fraction of sp³-hybridized carbons (Fsp3) is 0. The summed E-state index contributed by atoms with van der Waals surface area (Å²) in [5.41, 5.74) is 6.43. The van der Waals surface area contributed by atoms with Crippen molar-refractivity contribution in [3.8, 4) is 11.8 Å². The maximum atomic E-state index is 12.0. The first-order chi connectivity index (χ1) is 9.61. The van der Waals surface area contributed by atoms with Gasteiger partial charge >= 0.3 is 6.01 Å². The lowest BCUT2D eigenvalue weighted by molar-refractivity contribution is 0.442. The van der Waals surface area contributed by atoms with Gasteiger partial charge in [-0.2, -0.15) is 4.98 Å². The number of anilines is 1. The molecule has 0 saturated heterocycles. The van der Waals surface area contributed by atoms with Gasteiger partial charge in [-0.05, 0) is 42.5 Å². The summed E-state index contributed by atoms with van der Waals surface area (Å²) in [4.78, 5) is 18.8. The molecule has 0 bridgehead atoms. The van der Waals surface area contributed by atoms with E-state index in [9.17, 15) is 4.79 Å². The normalized spacial score (nSPS) is 10.7. The zero-order valence-corrected chi connectivity index (χ0v) is 11.8. The second-order valence-corrected chi connectivity index (χ2v) is 5.12. The van der Waals surface area contributed by atoms with Crippen LogP contribution in [-0.2, 0) is 0 Å². The number of benzene rings is 2. The predicted octanol–water partition coefficient (Wildman–Crippen LogP) is 3.06. The molecule has 0 unspecified atom stereocenters. The maximum Gasteiger partial charge on any atom is 0.302 e. The molecule has 0 aliphatic carbocycles. The topological polar surface area (TPSA) is 81.0 Å². The summed E-state index contributed by atoms with van der Waals surface area (Å²) in [7, 11) is 0. The van der Waals surface area contributed by atoms with Crippen molar-refractivity contribution in [3.63, 3.8) is 0 Å². The summed E-state index contributed by atoms with van der Waals surface area (Å²) >= 11 is 3.34. The van der Waals surface area contributed by atoms with Gasteiger partial charge in [-0.3, -0.25) is 9.78 Å². The molecule has 0 aliphatic rings. The van der Waals surface area contributed by atoms with Crippen LogP contribution in [-0.4, -0.2) is 9.97 Å². The van der Waals surface area contributed by atoms with Crippen molar-refractivity contribution >= 4 is 32.5 Å². The standard InChI is InChI=1S/C14H10BrN3O2/c15-8-1-4-10(5-2-8)20-14-17-12-6-3-9(16)7-11(12)13(19)18-14/h1-7H,16H2,(H,17,18,19). The number of nitrogens with two attached hydrogens (primary N) is 1. The highest BCUT2D eigenvalue weighted by Crippen LogP contribution is 2.21. The second kappa shape index (κ2) is 4.97. The van der Waals surface area contributed by atoms with Crippen molar-refractivity contribution in [2.24, 2.45) is 0 Å². The van der Waals surface area contributed by atoms with E-state index in [4.69, 9.17) is 10.5 Å². The number of halogens is 1. The first kappa shape index (κ1) is 12.7. The number of hydrogen-bond donors (Lipinski definition) is 2. The smallest absolute Gasteiger partial charge is 0.302 e. The molecular formula is C14H10BrN3O2. The number of nitrogens with zero attached hydrogens (tertiary/aromatic N) is 1. The maximum absolute atomic E-state index is 12.0. The number of rotatable bonds is 2. The molecule has 0 aliphatic heterocycles. The molecule has 0 fully saturated rings. The van der Waals surface area contributed by atoms with Gasteiger partial charge in [0.1, 0.15) is 5.75 Å². The minimum atomic E-state index is -0.283. The monoisotopic (exact) mass is 331 g/mol. The van der Waals surface area contributed by atoms with E-state index >= 15 is 0 Å². The van der Waals surface area contributed by atoms with E-state index in [-0.39, 0.29) is 11.6 Å². The lowest BCUT2D eigenvalue weighted by atomic mass is 10.2. The lowest BCUT2D eigenvalue weighted by Crippen LogP contribution is -2.09. The Labute approximate surface area is 122 Å². The van der Waals surface area contributed by atoms with Crippen LogP contribution in [0, 0.1) is 0 Å². The van der Waals surface area contributed by atoms with Crippen LogP contribution in [0.4, 0.5) is 5.69 Å². The Hall–Kier alpha value is -2.34. The average Bonchev–Trinajstić information content (AvgIpc) is 2.42. The summed E-state index contributed by atoms with van der Waals surface area (Å²) in [6, 6.07) is 12.4. The third kappa shape index (κ3) is 2.50. The van der Waals surface area contributed by atoms with Crippen LogP contribution in [0.5, 0.6) is 11.8 Å². The molecule has 3 aromatic rings. The van der Waals surface area contributed by atoms with Crippen LogP contribution in [0.2, 0.25) is 0 Å². The Bertz CT molecular complexity index is 828. The van der Waals surface area contributed by atoms with E-state index in [2.05, 4.69) is 25.9 Å². The fourth-order valence-corrected chi connectivity index (χ4v) is 2.06. The molecule has 1 aromatic heterocycles. The number of nitrogens with one attached hydrogen (secondary N) is 1. The van der Waals surface area contributed by atoms with Crippen molar-refractivity contribution in [2.75, 3.05) is 5.73 Å². The number of hydrogen-bond acceptors (Lipinski definition) is 4. The Morgan fingerprint density at radius 1 is 1.15 bits per heavy atom. The van der Waals surface area contributed by atoms with E-state index in [1.54, 1.807) is 30.3 Å². The molecule has 1 heterocycles.